The fourth-order valence-electron chi connectivity index (χ4n) is 2.94. The maximum Gasteiger partial charge on any atom is 0.209 e. The van der Waals surface area contributed by atoms with Gasteiger partial charge in [0, 0.05) is 11.7 Å². The second kappa shape index (κ2) is 9.12. The van der Waals surface area contributed by atoms with E-state index in [1.165, 1.54) is 11.8 Å². The number of hydrogen-bond acceptors (Lipinski definition) is 6. The van der Waals surface area contributed by atoms with Crippen molar-refractivity contribution < 1.29 is 9.84 Å². The fourth-order valence-corrected chi connectivity index (χ4v) is 3.67. The summed E-state index contributed by atoms with van der Waals surface area (Å²) in [4.78, 5) is 4.70. The number of nitrogens with zero attached hydrogens (tertiary/aromatic N) is 4. The van der Waals surface area contributed by atoms with Gasteiger partial charge in [0.05, 0.1) is 24.3 Å². The molecule has 2 aromatic carbocycles. The van der Waals surface area contributed by atoms with E-state index in [0.29, 0.717) is 29.0 Å². The van der Waals surface area contributed by atoms with E-state index in [2.05, 4.69) is 11.2 Å². The summed E-state index contributed by atoms with van der Waals surface area (Å²) >= 11 is 1.44. The minimum atomic E-state index is -0.633. The van der Waals surface area contributed by atoms with Crippen molar-refractivity contribution in [1.29, 1.82) is 5.26 Å². The number of aromatic nitrogens is 3. The van der Waals surface area contributed by atoms with E-state index in [-0.39, 0.29) is 6.61 Å². The molecule has 0 spiro atoms. The quantitative estimate of drug-likeness (QED) is 0.545. The van der Waals surface area contributed by atoms with Gasteiger partial charge in [0.25, 0.3) is 0 Å². The SMILES string of the molecule is N#CCc1ccc(OC[C@H](O)CSc2nc(C3CC3)n(-c3ccccc3)n2)cc1. The van der Waals surface area contributed by atoms with Crippen LogP contribution in [-0.2, 0) is 6.42 Å². The number of aliphatic hydroxyl groups is 1. The summed E-state index contributed by atoms with van der Waals surface area (Å²) < 4.78 is 7.57. The smallest absolute Gasteiger partial charge is 0.209 e. The molecule has 7 heteroatoms. The molecule has 4 rings (SSSR count). The van der Waals surface area contributed by atoms with Gasteiger partial charge in [-0.1, -0.05) is 42.1 Å². The number of para-hydroxylation sites is 1. The van der Waals surface area contributed by atoms with Gasteiger partial charge in [-0.3, -0.25) is 0 Å². The van der Waals surface area contributed by atoms with E-state index < -0.39 is 6.10 Å². The van der Waals surface area contributed by atoms with Gasteiger partial charge in [-0.2, -0.15) is 5.26 Å². The summed E-state index contributed by atoms with van der Waals surface area (Å²) in [6.45, 7) is 0.194. The van der Waals surface area contributed by atoms with Crippen LogP contribution < -0.4 is 4.74 Å². The predicted octanol–water partition coefficient (Wildman–Crippen LogP) is 3.74. The van der Waals surface area contributed by atoms with Gasteiger partial charge in [0.2, 0.25) is 5.16 Å². The second-order valence-corrected chi connectivity index (χ2v) is 8.02. The van der Waals surface area contributed by atoms with E-state index in [1.807, 2.05) is 59.3 Å². The van der Waals surface area contributed by atoms with E-state index in [4.69, 9.17) is 15.0 Å². The Balaban J connectivity index is 1.32. The van der Waals surface area contributed by atoms with Crippen LogP contribution in [0.3, 0.4) is 0 Å². The van der Waals surface area contributed by atoms with Crippen LogP contribution in [0.5, 0.6) is 5.75 Å². The van der Waals surface area contributed by atoms with Crippen LogP contribution in [0, 0.1) is 11.3 Å². The van der Waals surface area contributed by atoms with Crippen LogP contribution >= 0.6 is 11.8 Å². The summed E-state index contributed by atoms with van der Waals surface area (Å²) in [5.74, 6) is 2.62. The Bertz CT molecular complexity index is 978. The maximum absolute atomic E-state index is 10.3. The molecule has 1 aliphatic rings. The number of hydrogen-bond donors (Lipinski definition) is 1. The van der Waals surface area contributed by atoms with Crippen molar-refractivity contribution >= 4 is 11.8 Å². The average molecular weight is 407 g/mol. The lowest BCUT2D eigenvalue weighted by molar-refractivity contribution is 0.126. The molecule has 1 saturated carbocycles. The number of thioether (sulfide) groups is 1. The van der Waals surface area contributed by atoms with Crippen molar-refractivity contribution in [2.24, 2.45) is 0 Å². The van der Waals surface area contributed by atoms with Crippen LogP contribution in [0.1, 0.15) is 30.1 Å². The first-order valence-electron chi connectivity index (χ1n) is 9.65. The van der Waals surface area contributed by atoms with Gasteiger partial charge >= 0.3 is 0 Å². The monoisotopic (exact) mass is 406 g/mol. The Hall–Kier alpha value is -2.82. The number of nitriles is 1. The predicted molar refractivity (Wildman–Crippen MR) is 111 cm³/mol. The molecule has 1 atom stereocenters. The molecule has 3 aromatic rings. The molecule has 0 unspecified atom stereocenters. The van der Waals surface area contributed by atoms with Crippen molar-refractivity contribution in [2.75, 3.05) is 12.4 Å². The van der Waals surface area contributed by atoms with Crippen LogP contribution in [0.2, 0.25) is 0 Å². The second-order valence-electron chi connectivity index (χ2n) is 7.03. The zero-order valence-electron chi connectivity index (χ0n) is 15.9. The average Bonchev–Trinajstić information content (AvgIpc) is 3.52. The van der Waals surface area contributed by atoms with Gasteiger partial charge in [-0.05, 0) is 42.7 Å². The molecule has 0 aliphatic heterocycles. The van der Waals surface area contributed by atoms with Crippen molar-refractivity contribution in [3.05, 3.63) is 66.0 Å². The maximum atomic E-state index is 10.3. The Morgan fingerprint density at radius 2 is 1.93 bits per heavy atom. The highest BCUT2D eigenvalue weighted by Crippen LogP contribution is 2.40. The molecular weight excluding hydrogens is 384 g/mol. The fraction of sp³-hybridized carbons (Fsp3) is 0.318. The van der Waals surface area contributed by atoms with Crippen LogP contribution in [-0.4, -0.2) is 38.3 Å². The third-order valence-electron chi connectivity index (χ3n) is 4.61. The molecule has 0 amide bonds. The Morgan fingerprint density at radius 1 is 1.17 bits per heavy atom. The molecule has 6 nitrogen and oxygen atoms in total. The highest BCUT2D eigenvalue weighted by Gasteiger charge is 2.30. The van der Waals surface area contributed by atoms with E-state index >= 15 is 0 Å². The third kappa shape index (κ3) is 5.17. The number of ether oxygens (including phenoxy) is 1. The first-order chi connectivity index (χ1) is 14.2. The molecule has 1 aromatic heterocycles. The Kier molecular flexibility index (Phi) is 6.13. The third-order valence-corrected chi connectivity index (χ3v) is 5.59. The first-order valence-corrected chi connectivity index (χ1v) is 10.6. The Morgan fingerprint density at radius 3 is 2.62 bits per heavy atom. The molecule has 1 aliphatic carbocycles. The van der Waals surface area contributed by atoms with E-state index in [9.17, 15) is 5.11 Å². The lowest BCUT2D eigenvalue weighted by Gasteiger charge is -2.11. The van der Waals surface area contributed by atoms with Crippen molar-refractivity contribution in [3.8, 4) is 17.5 Å². The van der Waals surface area contributed by atoms with Crippen LogP contribution in [0.15, 0.2) is 59.8 Å². The summed E-state index contributed by atoms with van der Waals surface area (Å²) in [5, 5.41) is 24.3. The van der Waals surface area contributed by atoms with Gasteiger partial charge in [0.15, 0.2) is 0 Å². The summed E-state index contributed by atoms with van der Waals surface area (Å²) in [6.07, 6.45) is 2.05. The van der Waals surface area contributed by atoms with Crippen molar-refractivity contribution in [2.45, 2.75) is 36.4 Å². The molecule has 148 valence electrons. The molecule has 0 radical (unpaired) electrons. The van der Waals surface area contributed by atoms with Crippen LogP contribution in [0.4, 0.5) is 0 Å². The largest absolute Gasteiger partial charge is 0.491 e. The standard InChI is InChI=1S/C22H22N4O2S/c23-13-12-16-6-10-20(11-7-16)28-14-19(27)15-29-22-24-21(17-8-9-17)26(25-22)18-4-2-1-3-5-18/h1-7,10-11,17,19,27H,8-9,12,14-15H2/t19-/m0/s1. The van der Waals surface area contributed by atoms with Crippen molar-refractivity contribution in [1.82, 2.24) is 14.8 Å². The van der Waals surface area contributed by atoms with Gasteiger partial charge in [-0.15, -0.1) is 5.10 Å². The molecule has 0 saturated heterocycles. The van der Waals surface area contributed by atoms with E-state index in [0.717, 1.165) is 29.9 Å². The highest BCUT2D eigenvalue weighted by molar-refractivity contribution is 7.99. The first kappa shape index (κ1) is 19.5. The zero-order chi connectivity index (χ0) is 20.1. The van der Waals surface area contributed by atoms with Gasteiger partial charge in [0.1, 0.15) is 18.2 Å². The summed E-state index contributed by atoms with van der Waals surface area (Å²) in [7, 11) is 0. The molecular formula is C22H22N4O2S. The summed E-state index contributed by atoms with van der Waals surface area (Å²) in [6, 6.07) is 19.5. The molecule has 1 heterocycles. The van der Waals surface area contributed by atoms with E-state index in [1.54, 1.807) is 0 Å². The number of benzene rings is 2. The summed E-state index contributed by atoms with van der Waals surface area (Å²) in [5.41, 5.74) is 1.96. The normalized spacial score (nSPS) is 14.3. The number of aliphatic hydroxyl groups excluding tert-OH is 1. The van der Waals surface area contributed by atoms with Gasteiger partial charge in [-0.25, -0.2) is 9.67 Å². The minimum absolute atomic E-state index is 0.194. The zero-order valence-corrected chi connectivity index (χ0v) is 16.8. The molecule has 1 fully saturated rings. The van der Waals surface area contributed by atoms with Gasteiger partial charge < -0.3 is 9.84 Å². The topological polar surface area (TPSA) is 84.0 Å². The van der Waals surface area contributed by atoms with Crippen molar-refractivity contribution in [3.63, 3.8) is 0 Å². The minimum Gasteiger partial charge on any atom is -0.491 e. The number of rotatable bonds is 9. The Labute approximate surface area is 174 Å². The molecule has 1 N–H and O–H groups in total. The van der Waals surface area contributed by atoms with Crippen LogP contribution in [0.25, 0.3) is 5.69 Å². The molecule has 0 bridgehead atoms. The highest BCUT2D eigenvalue weighted by atomic mass is 32.2. The lowest BCUT2D eigenvalue weighted by atomic mass is 10.2. The molecule has 29 heavy (non-hydrogen) atoms. The lowest BCUT2D eigenvalue weighted by Crippen LogP contribution is -2.20.